The standard InChI is InChI=1S/C18H29BrN4O2.HI/c1-5-23-8-6-7-14(23)12-22-18(20-2)21-11-13-9-16(24-3)17(25-4)10-15(13)19;/h9-10,14H,5-8,11-12H2,1-4H3,(H2,20,21,22);1H. The van der Waals surface area contributed by atoms with Gasteiger partial charge in [-0.3, -0.25) is 9.89 Å². The second kappa shape index (κ2) is 11.9. The molecule has 0 spiro atoms. The van der Waals surface area contributed by atoms with E-state index in [1.54, 1.807) is 21.3 Å². The molecule has 8 heteroatoms. The summed E-state index contributed by atoms with van der Waals surface area (Å²) in [5, 5.41) is 6.81. The SMILES string of the molecule is CCN1CCCC1CNC(=NC)NCc1cc(OC)c(OC)cc1Br.I. The number of rotatable bonds is 7. The van der Waals surface area contributed by atoms with E-state index < -0.39 is 0 Å². The molecule has 0 radical (unpaired) electrons. The van der Waals surface area contributed by atoms with E-state index in [-0.39, 0.29) is 24.0 Å². The van der Waals surface area contributed by atoms with Gasteiger partial charge in [-0.2, -0.15) is 0 Å². The molecule has 26 heavy (non-hydrogen) atoms. The first kappa shape index (κ1) is 23.3. The number of halogens is 2. The Kier molecular flexibility index (Phi) is 10.6. The lowest BCUT2D eigenvalue weighted by molar-refractivity contribution is 0.267. The van der Waals surface area contributed by atoms with Crippen LogP contribution in [0.3, 0.4) is 0 Å². The lowest BCUT2D eigenvalue weighted by atomic mass is 10.2. The van der Waals surface area contributed by atoms with Crippen molar-refractivity contribution in [3.63, 3.8) is 0 Å². The van der Waals surface area contributed by atoms with Crippen molar-refractivity contribution in [1.82, 2.24) is 15.5 Å². The van der Waals surface area contributed by atoms with Gasteiger partial charge in [0.15, 0.2) is 17.5 Å². The number of methoxy groups -OCH3 is 2. The number of likely N-dealkylation sites (tertiary alicyclic amines) is 1. The quantitative estimate of drug-likeness (QED) is 0.316. The first-order valence-electron chi connectivity index (χ1n) is 8.71. The van der Waals surface area contributed by atoms with Crippen LogP contribution in [0.25, 0.3) is 0 Å². The van der Waals surface area contributed by atoms with Crippen LogP contribution in [0.2, 0.25) is 0 Å². The zero-order valence-electron chi connectivity index (χ0n) is 16.0. The molecule has 1 aliphatic rings. The molecule has 6 nitrogen and oxygen atoms in total. The van der Waals surface area contributed by atoms with Crippen molar-refractivity contribution < 1.29 is 9.47 Å². The highest BCUT2D eigenvalue weighted by atomic mass is 127. The van der Waals surface area contributed by atoms with E-state index in [4.69, 9.17) is 9.47 Å². The molecule has 1 heterocycles. The van der Waals surface area contributed by atoms with E-state index in [0.717, 1.165) is 34.8 Å². The molecule has 2 N–H and O–H groups in total. The van der Waals surface area contributed by atoms with E-state index in [0.29, 0.717) is 18.3 Å². The lowest BCUT2D eigenvalue weighted by Crippen LogP contribution is -2.44. The fraction of sp³-hybridized carbons (Fsp3) is 0.611. The maximum Gasteiger partial charge on any atom is 0.191 e. The molecule has 1 aliphatic heterocycles. The van der Waals surface area contributed by atoms with Crippen LogP contribution in [-0.2, 0) is 6.54 Å². The van der Waals surface area contributed by atoms with Gasteiger partial charge in [-0.1, -0.05) is 22.9 Å². The fourth-order valence-corrected chi connectivity index (χ4v) is 3.65. The zero-order chi connectivity index (χ0) is 18.2. The van der Waals surface area contributed by atoms with E-state index in [9.17, 15) is 0 Å². The van der Waals surface area contributed by atoms with Gasteiger partial charge in [-0.05, 0) is 43.6 Å². The van der Waals surface area contributed by atoms with Gasteiger partial charge in [0.25, 0.3) is 0 Å². The Hall–Kier alpha value is -0.740. The number of guanidine groups is 1. The third-order valence-electron chi connectivity index (χ3n) is 4.63. The molecular formula is C18H30BrIN4O2. The van der Waals surface area contributed by atoms with E-state index in [1.165, 1.54) is 19.4 Å². The van der Waals surface area contributed by atoms with Crippen molar-refractivity contribution in [3.8, 4) is 11.5 Å². The number of likely N-dealkylation sites (N-methyl/N-ethyl adjacent to an activating group) is 1. The second-order valence-corrected chi connectivity index (χ2v) is 6.88. The summed E-state index contributed by atoms with van der Waals surface area (Å²) >= 11 is 3.59. The highest BCUT2D eigenvalue weighted by Gasteiger charge is 2.22. The van der Waals surface area contributed by atoms with Crippen LogP contribution in [0.4, 0.5) is 0 Å². The predicted octanol–water partition coefficient (Wildman–Crippen LogP) is 3.23. The largest absolute Gasteiger partial charge is 0.493 e. The van der Waals surface area contributed by atoms with Crippen molar-refractivity contribution in [1.29, 1.82) is 0 Å². The lowest BCUT2D eigenvalue weighted by Gasteiger charge is -2.24. The molecule has 1 saturated heterocycles. The molecule has 1 aromatic rings. The van der Waals surface area contributed by atoms with E-state index in [2.05, 4.69) is 43.4 Å². The predicted molar refractivity (Wildman–Crippen MR) is 121 cm³/mol. The fourth-order valence-electron chi connectivity index (χ4n) is 3.19. The van der Waals surface area contributed by atoms with Gasteiger partial charge in [0.2, 0.25) is 0 Å². The van der Waals surface area contributed by atoms with Crippen molar-refractivity contribution in [3.05, 3.63) is 22.2 Å². The first-order chi connectivity index (χ1) is 12.1. The second-order valence-electron chi connectivity index (χ2n) is 6.03. The number of nitrogens with one attached hydrogen (secondary N) is 2. The Morgan fingerprint density at radius 3 is 2.58 bits per heavy atom. The van der Waals surface area contributed by atoms with Crippen molar-refractivity contribution in [2.45, 2.75) is 32.4 Å². The smallest absolute Gasteiger partial charge is 0.191 e. The molecule has 0 bridgehead atoms. The topological polar surface area (TPSA) is 58.1 Å². The Labute approximate surface area is 182 Å². The number of aliphatic imine (C=N–C) groups is 1. The summed E-state index contributed by atoms with van der Waals surface area (Å²) in [7, 11) is 5.08. The molecule has 148 valence electrons. The normalized spacial score (nSPS) is 17.6. The van der Waals surface area contributed by atoms with Gasteiger partial charge in [-0.25, -0.2) is 0 Å². The Bertz CT molecular complexity index is 601. The first-order valence-corrected chi connectivity index (χ1v) is 9.51. The van der Waals surface area contributed by atoms with Crippen LogP contribution in [0.15, 0.2) is 21.6 Å². The van der Waals surface area contributed by atoms with Crippen LogP contribution < -0.4 is 20.1 Å². The Morgan fingerprint density at radius 2 is 1.96 bits per heavy atom. The van der Waals surface area contributed by atoms with Crippen molar-refractivity contribution in [2.24, 2.45) is 4.99 Å². The molecule has 0 amide bonds. The molecule has 0 aromatic heterocycles. The number of hydrogen-bond donors (Lipinski definition) is 2. The van der Waals surface area contributed by atoms with E-state index in [1.807, 2.05) is 12.1 Å². The minimum absolute atomic E-state index is 0. The van der Waals surface area contributed by atoms with Crippen LogP contribution >= 0.6 is 39.9 Å². The minimum atomic E-state index is 0. The number of hydrogen-bond acceptors (Lipinski definition) is 4. The van der Waals surface area contributed by atoms with Crippen LogP contribution in [0, 0.1) is 0 Å². The van der Waals surface area contributed by atoms with Gasteiger partial charge in [0.05, 0.1) is 14.2 Å². The summed E-state index contributed by atoms with van der Waals surface area (Å²) < 4.78 is 11.7. The van der Waals surface area contributed by atoms with Crippen LogP contribution in [0.1, 0.15) is 25.3 Å². The Morgan fingerprint density at radius 1 is 1.27 bits per heavy atom. The highest BCUT2D eigenvalue weighted by molar-refractivity contribution is 14.0. The average Bonchev–Trinajstić information content (AvgIpc) is 3.10. The van der Waals surface area contributed by atoms with Gasteiger partial charge < -0.3 is 20.1 Å². The molecule has 1 fully saturated rings. The summed E-state index contributed by atoms with van der Waals surface area (Å²) in [5.41, 5.74) is 1.08. The highest BCUT2D eigenvalue weighted by Crippen LogP contribution is 2.33. The van der Waals surface area contributed by atoms with E-state index >= 15 is 0 Å². The van der Waals surface area contributed by atoms with Crippen molar-refractivity contribution >= 4 is 45.9 Å². The Balaban J connectivity index is 0.00000338. The summed E-state index contributed by atoms with van der Waals surface area (Å²) in [4.78, 5) is 6.84. The molecule has 0 aliphatic carbocycles. The number of nitrogens with zero attached hydrogens (tertiary/aromatic N) is 2. The maximum absolute atomic E-state index is 5.38. The van der Waals surface area contributed by atoms with Gasteiger partial charge in [0.1, 0.15) is 0 Å². The molecular weight excluding hydrogens is 511 g/mol. The van der Waals surface area contributed by atoms with Crippen LogP contribution in [0.5, 0.6) is 11.5 Å². The zero-order valence-corrected chi connectivity index (χ0v) is 19.9. The van der Waals surface area contributed by atoms with Gasteiger partial charge in [0, 0.05) is 30.7 Å². The number of ether oxygens (including phenoxy) is 2. The average molecular weight is 541 g/mol. The summed E-state index contributed by atoms with van der Waals surface area (Å²) in [6.45, 7) is 6.09. The molecule has 1 aromatic carbocycles. The summed E-state index contributed by atoms with van der Waals surface area (Å²) in [6.07, 6.45) is 2.53. The summed E-state index contributed by atoms with van der Waals surface area (Å²) in [5.74, 6) is 2.24. The molecule has 1 unspecified atom stereocenters. The van der Waals surface area contributed by atoms with Gasteiger partial charge in [-0.15, -0.1) is 24.0 Å². The summed E-state index contributed by atoms with van der Waals surface area (Å²) in [6, 6.07) is 4.49. The number of benzene rings is 1. The maximum atomic E-state index is 5.38. The molecule has 1 atom stereocenters. The third-order valence-corrected chi connectivity index (χ3v) is 5.37. The van der Waals surface area contributed by atoms with Crippen LogP contribution in [-0.4, -0.2) is 57.8 Å². The van der Waals surface area contributed by atoms with Gasteiger partial charge >= 0.3 is 0 Å². The molecule has 0 saturated carbocycles. The minimum Gasteiger partial charge on any atom is -0.493 e. The third kappa shape index (κ3) is 6.16. The van der Waals surface area contributed by atoms with Crippen molar-refractivity contribution in [2.75, 3.05) is 40.9 Å². The molecule has 2 rings (SSSR count). The monoisotopic (exact) mass is 540 g/mol.